The lowest BCUT2D eigenvalue weighted by Crippen LogP contribution is -2.26. The second-order valence-electron chi connectivity index (χ2n) is 20.9. The minimum Gasteiger partial charge on any atom is -0.392 e. The predicted molar refractivity (Wildman–Crippen MR) is 286 cm³/mol. The van der Waals surface area contributed by atoms with E-state index in [9.17, 15) is 32.2 Å². The number of sulfone groups is 1. The van der Waals surface area contributed by atoms with Gasteiger partial charge in [-0.15, -0.1) is 0 Å². The van der Waals surface area contributed by atoms with Gasteiger partial charge >= 0.3 is 0 Å². The third-order valence-electron chi connectivity index (χ3n) is 13.5. The first kappa shape index (κ1) is 57.9. The number of imidazole rings is 2. The summed E-state index contributed by atoms with van der Waals surface area (Å²) < 4.78 is 143. The molecule has 12 nitrogen and oxygen atoms in total. The molecule has 2 heterocycles. The number of nitrogens with zero attached hydrogens (tertiary/aromatic N) is 4. The fourth-order valence-corrected chi connectivity index (χ4v) is 12.1. The molecule has 0 aliphatic carbocycles. The summed E-state index contributed by atoms with van der Waals surface area (Å²) in [4.78, 5) is 7.63. The van der Waals surface area contributed by atoms with Crippen LogP contribution in [0.5, 0.6) is 0 Å². The van der Waals surface area contributed by atoms with Crippen LogP contribution < -0.4 is 0 Å². The van der Waals surface area contributed by atoms with E-state index in [-0.39, 0.29) is 61.4 Å². The SMILES string of the molecule is CC(C)(O)c1cn(-c2ccc(-c3cc(F)c(CO)c(S(=O)(=O)OCc4c(F)cc(-c5ccc(-n6cc(C(C)(C)O)nc6C(C)(C)c6c(F)cccc6Cl)c(F)c5)cc4S(C)(=O)=O)c3)cc2F)c(C(C)(C)c2ccccc2Cl)n1. The van der Waals surface area contributed by atoms with Crippen molar-refractivity contribution in [1.82, 2.24) is 19.1 Å². The van der Waals surface area contributed by atoms with Crippen LogP contribution in [0, 0.1) is 29.1 Å². The number of aliphatic hydroxyl groups is 3. The Bertz CT molecular complexity index is 3910. The van der Waals surface area contributed by atoms with E-state index < -0.39 is 105 Å². The molecule has 0 aliphatic rings. The van der Waals surface area contributed by atoms with Crippen molar-refractivity contribution in [2.75, 3.05) is 6.26 Å². The molecule has 8 rings (SSSR count). The Hall–Kier alpha value is -6.29. The zero-order valence-corrected chi connectivity index (χ0v) is 46.7. The number of aromatic nitrogens is 4. The number of halogens is 7. The van der Waals surface area contributed by atoms with Crippen molar-refractivity contribution in [1.29, 1.82) is 0 Å². The van der Waals surface area contributed by atoms with Gasteiger partial charge in [-0.25, -0.2) is 40.3 Å². The first-order valence-corrected chi connectivity index (χ1v) is 28.0. The molecule has 0 amide bonds. The van der Waals surface area contributed by atoms with E-state index in [1.165, 1.54) is 91.7 Å². The lowest BCUT2D eigenvalue weighted by atomic mass is 9.83. The van der Waals surface area contributed by atoms with Gasteiger partial charge in [-0.05, 0) is 150 Å². The van der Waals surface area contributed by atoms with Crippen LogP contribution in [0.4, 0.5) is 22.0 Å². The minimum atomic E-state index is -5.20. The first-order chi connectivity index (χ1) is 36.2. The molecule has 21 heteroatoms. The maximum absolute atomic E-state index is 16.5. The maximum Gasteiger partial charge on any atom is 0.297 e. The molecule has 0 radical (unpaired) electrons. The van der Waals surface area contributed by atoms with Gasteiger partial charge in [0.15, 0.2) is 9.84 Å². The number of rotatable bonds is 16. The van der Waals surface area contributed by atoms with Gasteiger partial charge in [0, 0.05) is 50.8 Å². The molecule has 0 aliphatic heterocycles. The molecule has 0 saturated heterocycles. The summed E-state index contributed by atoms with van der Waals surface area (Å²) in [6, 6.07) is 22.1. The van der Waals surface area contributed by atoms with Crippen molar-refractivity contribution >= 4 is 43.2 Å². The van der Waals surface area contributed by atoms with E-state index in [0.29, 0.717) is 16.4 Å². The fourth-order valence-electron chi connectivity index (χ4n) is 9.26. The Kier molecular flexibility index (Phi) is 15.4. The lowest BCUT2D eigenvalue weighted by Gasteiger charge is -2.27. The second-order valence-corrected chi connectivity index (χ2v) is 25.3. The minimum absolute atomic E-state index is 0.0306. The molecule has 0 saturated carbocycles. The van der Waals surface area contributed by atoms with Crippen molar-refractivity contribution in [2.45, 2.75) is 100 Å². The van der Waals surface area contributed by atoms with Crippen LogP contribution in [0.25, 0.3) is 33.6 Å². The highest BCUT2D eigenvalue weighted by Gasteiger charge is 2.38. The van der Waals surface area contributed by atoms with Gasteiger partial charge in [-0.1, -0.05) is 59.6 Å². The van der Waals surface area contributed by atoms with Crippen LogP contribution >= 0.6 is 23.2 Å². The molecule has 78 heavy (non-hydrogen) atoms. The molecule has 0 bridgehead atoms. The molecule has 0 unspecified atom stereocenters. The number of hydrogen-bond donors (Lipinski definition) is 3. The highest BCUT2D eigenvalue weighted by molar-refractivity contribution is 7.90. The Morgan fingerprint density at radius 1 is 0.551 bits per heavy atom. The highest BCUT2D eigenvalue weighted by atomic mass is 35.5. The van der Waals surface area contributed by atoms with Gasteiger partial charge in [0.1, 0.15) is 56.8 Å². The number of hydrogen-bond acceptors (Lipinski definition) is 10. The third-order valence-corrected chi connectivity index (χ3v) is 16.6. The summed E-state index contributed by atoms with van der Waals surface area (Å²) in [7, 11) is -9.62. The molecule has 0 atom stereocenters. The fraction of sp³-hybridized carbons (Fsp3) is 0.263. The molecule has 6 aromatic carbocycles. The highest BCUT2D eigenvalue weighted by Crippen LogP contribution is 2.42. The van der Waals surface area contributed by atoms with E-state index in [1.807, 2.05) is 13.8 Å². The van der Waals surface area contributed by atoms with E-state index in [4.69, 9.17) is 32.4 Å². The van der Waals surface area contributed by atoms with Crippen molar-refractivity contribution in [3.8, 4) is 33.6 Å². The van der Waals surface area contributed by atoms with Crippen molar-refractivity contribution < 1.29 is 58.3 Å². The van der Waals surface area contributed by atoms with Crippen LogP contribution in [-0.4, -0.2) is 57.5 Å². The van der Waals surface area contributed by atoms with Crippen molar-refractivity contribution in [3.63, 3.8) is 0 Å². The molecule has 0 spiro atoms. The summed E-state index contributed by atoms with van der Waals surface area (Å²) in [5, 5.41) is 32.6. The standard InChI is InChI=1S/C57H53Cl2F5N4O8S2/c1-54(2,37-13-10-11-14-38(37)58)52-65-49(56(5,6)70)27-67(52)45-19-18-32(22-43(45)63)34-23-41(61)35(29-69)48(26-34)78(74,75)76-30-36-42(62)24-33(25-47(36)77(9,72)73)31-17-20-46(44(64)21-31)68-28-50(57(7,8)71)66-53(68)55(3,4)51-39(59)15-12-16-40(51)60/h10-28,69-71H,29-30H2,1-9H3. The van der Waals surface area contributed by atoms with E-state index in [2.05, 4.69) is 4.98 Å². The first-order valence-electron chi connectivity index (χ1n) is 24.0. The summed E-state index contributed by atoms with van der Waals surface area (Å²) in [6.45, 7) is 10.4. The molecule has 3 N–H and O–H groups in total. The molecule has 8 aromatic rings. The molecular weight excluding hydrogens is 1100 g/mol. The summed E-state index contributed by atoms with van der Waals surface area (Å²) in [5.41, 5.74) is -6.39. The Morgan fingerprint density at radius 3 is 1.47 bits per heavy atom. The predicted octanol–water partition coefficient (Wildman–Crippen LogP) is 12.3. The van der Waals surface area contributed by atoms with Crippen molar-refractivity contribution in [3.05, 3.63) is 200 Å². The molecular formula is C57H53Cl2F5N4O8S2. The van der Waals surface area contributed by atoms with Gasteiger partial charge in [-0.3, -0.25) is 13.3 Å². The lowest BCUT2D eigenvalue weighted by molar-refractivity contribution is 0.0735. The monoisotopic (exact) mass is 1150 g/mol. The van der Waals surface area contributed by atoms with Gasteiger partial charge in [0.2, 0.25) is 0 Å². The quantitative estimate of drug-likeness (QED) is 0.0624. The maximum atomic E-state index is 16.5. The van der Waals surface area contributed by atoms with Gasteiger partial charge < -0.3 is 15.3 Å². The number of benzene rings is 6. The molecule has 0 fully saturated rings. The third kappa shape index (κ3) is 11.0. The molecule has 2 aromatic heterocycles. The van der Waals surface area contributed by atoms with Crippen LogP contribution in [0.2, 0.25) is 10.0 Å². The van der Waals surface area contributed by atoms with Gasteiger partial charge in [0.05, 0.1) is 46.3 Å². The molecule has 410 valence electrons. The number of aliphatic hydroxyl groups excluding tert-OH is 1. The van der Waals surface area contributed by atoms with Crippen molar-refractivity contribution in [2.24, 2.45) is 0 Å². The smallest absolute Gasteiger partial charge is 0.297 e. The zero-order valence-electron chi connectivity index (χ0n) is 43.5. The summed E-state index contributed by atoms with van der Waals surface area (Å²) >= 11 is 13.1. The van der Waals surface area contributed by atoms with Crippen LogP contribution in [0.15, 0.2) is 125 Å². The van der Waals surface area contributed by atoms with Crippen LogP contribution in [0.1, 0.15) is 101 Å². The Balaban J connectivity index is 1.12. The van der Waals surface area contributed by atoms with Gasteiger partial charge in [-0.2, -0.15) is 8.42 Å². The average molecular weight is 1150 g/mol. The topological polar surface area (TPSA) is 174 Å². The summed E-state index contributed by atoms with van der Waals surface area (Å²) in [6.07, 6.45) is 3.57. The normalized spacial score (nSPS) is 12.9. The van der Waals surface area contributed by atoms with Crippen LogP contribution in [-0.2, 0) is 59.4 Å². The van der Waals surface area contributed by atoms with E-state index in [1.54, 1.807) is 38.1 Å². The van der Waals surface area contributed by atoms with E-state index in [0.717, 1.165) is 42.7 Å². The van der Waals surface area contributed by atoms with E-state index >= 15 is 22.0 Å². The zero-order chi connectivity index (χ0) is 57.4. The van der Waals surface area contributed by atoms with Crippen LogP contribution in [0.3, 0.4) is 0 Å². The summed E-state index contributed by atoms with van der Waals surface area (Å²) in [5.74, 6) is -4.60. The Morgan fingerprint density at radius 2 is 1.01 bits per heavy atom. The second kappa shape index (κ2) is 20.7. The Labute approximate surface area is 458 Å². The average Bonchev–Trinajstić information content (AvgIpc) is 4.02. The van der Waals surface area contributed by atoms with Gasteiger partial charge in [0.25, 0.3) is 10.1 Å². The largest absolute Gasteiger partial charge is 0.392 e.